The van der Waals surface area contributed by atoms with E-state index in [1.165, 1.54) is 0 Å². The fourth-order valence-electron chi connectivity index (χ4n) is 2.19. The average Bonchev–Trinajstić information content (AvgIpc) is 2.46. The van der Waals surface area contributed by atoms with Gasteiger partial charge in [0.2, 0.25) is 5.71 Å². The second-order valence-electron chi connectivity index (χ2n) is 4.66. The zero-order chi connectivity index (χ0) is 13.5. The Labute approximate surface area is 104 Å². The van der Waals surface area contributed by atoms with Gasteiger partial charge in [0.25, 0.3) is 0 Å². The Morgan fingerprint density at radius 3 is 2.39 bits per heavy atom. The number of benzene rings is 1. The smallest absolute Gasteiger partial charge is 0.393 e. The van der Waals surface area contributed by atoms with Crippen molar-refractivity contribution in [3.63, 3.8) is 0 Å². The van der Waals surface area contributed by atoms with Gasteiger partial charge >= 0.3 is 12.1 Å². The van der Waals surface area contributed by atoms with E-state index in [4.69, 9.17) is 5.11 Å². The predicted molar refractivity (Wildman–Crippen MR) is 63.3 cm³/mol. The van der Waals surface area contributed by atoms with E-state index in [0.717, 1.165) is 0 Å². The third-order valence-corrected chi connectivity index (χ3v) is 3.09. The number of carbonyl (C=O) groups is 1. The molecule has 1 aliphatic rings. The summed E-state index contributed by atoms with van der Waals surface area (Å²) in [5.74, 6) is -1.38. The topological polar surface area (TPSA) is 86.8 Å². The van der Waals surface area contributed by atoms with Crippen molar-refractivity contribution in [2.24, 2.45) is 0 Å². The largest absolute Gasteiger partial charge is 0.622 e. The monoisotopic (exact) mass is 250 g/mol. The zero-order valence-electron chi connectivity index (χ0n) is 10.1. The van der Waals surface area contributed by atoms with Crippen LogP contribution in [0.1, 0.15) is 19.4 Å². The molecule has 1 heterocycles. The van der Waals surface area contributed by atoms with Gasteiger partial charge in [-0.25, -0.2) is 4.79 Å². The summed E-state index contributed by atoms with van der Waals surface area (Å²) in [6, 6.07) is 8.72. The van der Waals surface area contributed by atoms with Crippen LogP contribution in [-0.2, 0) is 4.79 Å². The summed E-state index contributed by atoms with van der Waals surface area (Å²) in [5, 5.41) is 31.5. The minimum atomic E-state index is -1.62. The van der Waals surface area contributed by atoms with Crippen LogP contribution >= 0.6 is 0 Å². The fraction of sp³-hybridized carbons (Fsp3) is 0.333. The van der Waals surface area contributed by atoms with Crippen molar-refractivity contribution < 1.29 is 19.8 Å². The van der Waals surface area contributed by atoms with Gasteiger partial charge in [-0.15, -0.1) is 5.06 Å². The molecule has 0 aromatic heterocycles. The Morgan fingerprint density at radius 1 is 1.39 bits per heavy atom. The Balaban J connectivity index is 2.59. The zero-order valence-corrected chi connectivity index (χ0v) is 10.1. The summed E-state index contributed by atoms with van der Waals surface area (Å²) < 4.78 is 0.345. The molecule has 1 aliphatic heterocycles. The minimum absolute atomic E-state index is 0.234. The van der Waals surface area contributed by atoms with Crippen LogP contribution < -0.4 is 0 Å². The Hall–Kier alpha value is -1.92. The van der Waals surface area contributed by atoms with Crippen LogP contribution in [-0.4, -0.2) is 43.5 Å². The lowest BCUT2D eigenvalue weighted by molar-refractivity contribution is -0.522. The van der Waals surface area contributed by atoms with Crippen molar-refractivity contribution in [1.29, 1.82) is 0 Å². The maximum atomic E-state index is 12.1. The van der Waals surface area contributed by atoms with E-state index in [1.807, 2.05) is 0 Å². The van der Waals surface area contributed by atoms with Crippen molar-refractivity contribution in [3.8, 4) is 0 Å². The van der Waals surface area contributed by atoms with E-state index in [1.54, 1.807) is 44.2 Å². The molecule has 18 heavy (non-hydrogen) atoms. The third-order valence-electron chi connectivity index (χ3n) is 3.09. The lowest BCUT2D eigenvalue weighted by Gasteiger charge is -2.23. The Kier molecular flexibility index (Phi) is 2.84. The average molecular weight is 250 g/mol. The first-order valence-corrected chi connectivity index (χ1v) is 5.47. The first kappa shape index (κ1) is 12.5. The summed E-state index contributed by atoms with van der Waals surface area (Å²) in [7, 11) is 0. The normalized spacial score (nSPS) is 23.4. The summed E-state index contributed by atoms with van der Waals surface area (Å²) in [6.07, 6.45) is -1.62. The van der Waals surface area contributed by atoms with E-state index in [9.17, 15) is 15.2 Å². The van der Waals surface area contributed by atoms with Gasteiger partial charge in [0.1, 0.15) is 5.54 Å². The van der Waals surface area contributed by atoms with E-state index >= 15 is 0 Å². The number of carboxylic acid groups (broad SMARTS) is 1. The standard InChI is InChI=1S/C12H14N2O4/c1-12(2)9(8-6-4-3-5-7-8)13(17)10(11(15)16)14(12)18/h3-7,10,18H,1-2H3,(H,15,16). The van der Waals surface area contributed by atoms with E-state index in [0.29, 0.717) is 15.4 Å². The van der Waals surface area contributed by atoms with Crippen LogP contribution in [0.5, 0.6) is 0 Å². The molecule has 6 nitrogen and oxygen atoms in total. The molecule has 0 saturated carbocycles. The van der Waals surface area contributed by atoms with Gasteiger partial charge in [-0.2, -0.15) is 4.74 Å². The number of hydroxylamine groups is 3. The molecule has 0 amide bonds. The highest BCUT2D eigenvalue weighted by Gasteiger charge is 2.55. The molecule has 1 unspecified atom stereocenters. The molecule has 0 saturated heterocycles. The highest BCUT2D eigenvalue weighted by atomic mass is 16.6. The molecule has 1 aromatic rings. The van der Waals surface area contributed by atoms with Crippen LogP contribution in [0, 0.1) is 5.21 Å². The molecule has 0 radical (unpaired) electrons. The molecule has 96 valence electrons. The van der Waals surface area contributed by atoms with Crippen LogP contribution in [0.15, 0.2) is 30.3 Å². The lowest BCUT2D eigenvalue weighted by atomic mass is 9.93. The molecule has 0 aliphatic carbocycles. The van der Waals surface area contributed by atoms with Crippen LogP contribution in [0.25, 0.3) is 0 Å². The number of rotatable bonds is 2. The highest BCUT2D eigenvalue weighted by Crippen LogP contribution is 2.28. The molecule has 2 N–H and O–H groups in total. The van der Waals surface area contributed by atoms with Gasteiger partial charge in [0.15, 0.2) is 0 Å². The quantitative estimate of drug-likeness (QED) is 0.601. The van der Waals surface area contributed by atoms with Gasteiger partial charge in [-0.3, -0.25) is 0 Å². The van der Waals surface area contributed by atoms with Crippen molar-refractivity contribution in [3.05, 3.63) is 41.1 Å². The first-order chi connectivity index (χ1) is 8.37. The third kappa shape index (κ3) is 1.66. The molecule has 2 rings (SSSR count). The molecule has 0 spiro atoms. The van der Waals surface area contributed by atoms with Crippen molar-refractivity contribution in [1.82, 2.24) is 5.06 Å². The molecular weight excluding hydrogens is 236 g/mol. The first-order valence-electron chi connectivity index (χ1n) is 5.47. The van der Waals surface area contributed by atoms with Gasteiger partial charge in [-0.1, -0.05) is 18.2 Å². The fourth-order valence-corrected chi connectivity index (χ4v) is 2.19. The van der Waals surface area contributed by atoms with E-state index in [2.05, 4.69) is 0 Å². The van der Waals surface area contributed by atoms with E-state index < -0.39 is 17.7 Å². The van der Waals surface area contributed by atoms with Crippen LogP contribution in [0.2, 0.25) is 0 Å². The molecular formula is C12H14N2O4. The molecule has 0 fully saturated rings. The number of aliphatic carboxylic acids is 1. The van der Waals surface area contributed by atoms with Crippen molar-refractivity contribution in [2.45, 2.75) is 25.6 Å². The van der Waals surface area contributed by atoms with Crippen LogP contribution in [0.3, 0.4) is 0 Å². The SMILES string of the molecule is CC1(C)C(c2ccccc2)=[N+]([O-])C(C(=O)O)N1O. The number of hydrogen-bond donors (Lipinski definition) is 2. The summed E-state index contributed by atoms with van der Waals surface area (Å²) >= 11 is 0. The van der Waals surface area contributed by atoms with Gasteiger partial charge in [0.05, 0.1) is 0 Å². The van der Waals surface area contributed by atoms with Gasteiger partial charge in [0, 0.05) is 5.56 Å². The highest BCUT2D eigenvalue weighted by molar-refractivity contribution is 6.05. The second-order valence-corrected chi connectivity index (χ2v) is 4.66. The number of carboxylic acids is 1. The van der Waals surface area contributed by atoms with Crippen molar-refractivity contribution in [2.75, 3.05) is 0 Å². The summed E-state index contributed by atoms with van der Waals surface area (Å²) in [4.78, 5) is 11.0. The molecule has 6 heteroatoms. The minimum Gasteiger partial charge on any atom is -0.622 e. The maximum Gasteiger partial charge on any atom is 0.393 e. The van der Waals surface area contributed by atoms with E-state index in [-0.39, 0.29) is 5.71 Å². The van der Waals surface area contributed by atoms with Gasteiger partial charge in [-0.05, 0) is 26.0 Å². The van der Waals surface area contributed by atoms with Crippen LogP contribution in [0.4, 0.5) is 0 Å². The summed E-state index contributed by atoms with van der Waals surface area (Å²) in [5.41, 5.74) is -0.232. The van der Waals surface area contributed by atoms with Gasteiger partial charge < -0.3 is 15.5 Å². The lowest BCUT2D eigenvalue weighted by Crippen LogP contribution is -2.49. The molecule has 1 aromatic carbocycles. The second kappa shape index (κ2) is 4.08. The number of nitrogens with zero attached hydrogens (tertiary/aromatic N) is 2. The van der Waals surface area contributed by atoms with Crippen molar-refractivity contribution >= 4 is 11.7 Å². The summed E-state index contributed by atoms with van der Waals surface area (Å²) in [6.45, 7) is 3.20. The number of hydrogen-bond acceptors (Lipinski definition) is 4. The maximum absolute atomic E-state index is 12.1. The predicted octanol–water partition coefficient (Wildman–Crippen LogP) is 0.880. The Morgan fingerprint density at radius 2 is 1.94 bits per heavy atom. The molecule has 1 atom stereocenters. The molecule has 0 bridgehead atoms. The Bertz CT molecular complexity index is 510.